The maximum absolute atomic E-state index is 12.7. The number of nitrogens with zero attached hydrogens (tertiary/aromatic N) is 2. The molecule has 30 heavy (non-hydrogen) atoms. The molecule has 0 spiro atoms. The third kappa shape index (κ3) is 4.31. The van der Waals surface area contributed by atoms with Crippen molar-refractivity contribution < 1.29 is 9.59 Å². The van der Waals surface area contributed by atoms with Crippen molar-refractivity contribution in [1.29, 1.82) is 0 Å². The minimum absolute atomic E-state index is 0.128. The van der Waals surface area contributed by atoms with E-state index in [0.29, 0.717) is 29.6 Å². The number of fused-ring (bicyclic) bond motifs is 1. The molecule has 0 saturated carbocycles. The number of amides is 2. The molecule has 2 amide bonds. The van der Waals surface area contributed by atoms with E-state index in [1.807, 2.05) is 18.2 Å². The number of benzene rings is 2. The number of aromatic amines is 1. The molecule has 3 aromatic rings. The van der Waals surface area contributed by atoms with Crippen molar-refractivity contribution in [2.24, 2.45) is 0 Å². The van der Waals surface area contributed by atoms with Crippen LogP contribution in [0.3, 0.4) is 0 Å². The maximum atomic E-state index is 12.7. The molecule has 0 unspecified atom stereocenters. The minimum Gasteiger partial charge on any atom is -0.343 e. The Kier molecular flexibility index (Phi) is 5.99. The average Bonchev–Trinajstić information content (AvgIpc) is 3.15. The molecule has 2 aromatic carbocycles. The lowest BCUT2D eigenvalue weighted by atomic mass is 10.0. The highest BCUT2D eigenvalue weighted by Crippen LogP contribution is 2.29. The van der Waals surface area contributed by atoms with Gasteiger partial charge in [-0.2, -0.15) is 5.10 Å². The molecule has 6 nitrogen and oxygen atoms in total. The minimum atomic E-state index is -0.425. The molecule has 4 rings (SSSR count). The van der Waals surface area contributed by atoms with Crippen LogP contribution in [0.1, 0.15) is 21.6 Å². The van der Waals surface area contributed by atoms with E-state index in [0.717, 1.165) is 22.5 Å². The summed E-state index contributed by atoms with van der Waals surface area (Å²) in [6.07, 6.45) is 0.658. The first-order valence-corrected chi connectivity index (χ1v) is 10.4. The summed E-state index contributed by atoms with van der Waals surface area (Å²) in [5.74, 6) is -0.608. The number of rotatable bonds is 4. The van der Waals surface area contributed by atoms with Crippen molar-refractivity contribution in [3.63, 3.8) is 0 Å². The molecule has 1 aliphatic rings. The number of carbonyl (C=O) groups is 2. The molecule has 0 bridgehead atoms. The van der Waals surface area contributed by atoms with E-state index < -0.39 is 5.91 Å². The molecule has 9 heteroatoms. The normalized spacial score (nSPS) is 13.1. The Morgan fingerprint density at radius 1 is 1.10 bits per heavy atom. The van der Waals surface area contributed by atoms with Crippen molar-refractivity contribution >= 4 is 46.6 Å². The largest absolute Gasteiger partial charge is 0.343 e. The summed E-state index contributed by atoms with van der Waals surface area (Å²) in [5, 5.41) is 11.4. The average molecular weight is 464 g/mol. The third-order valence-electron chi connectivity index (χ3n) is 4.96. The summed E-state index contributed by atoms with van der Waals surface area (Å²) in [5.41, 5.74) is 3.91. The molecule has 0 aliphatic carbocycles. The van der Waals surface area contributed by atoms with Gasteiger partial charge in [0, 0.05) is 46.4 Å². The van der Waals surface area contributed by atoms with Crippen LogP contribution in [0, 0.1) is 0 Å². The fourth-order valence-corrected chi connectivity index (χ4v) is 4.10. The van der Waals surface area contributed by atoms with Gasteiger partial charge in [0.25, 0.3) is 5.91 Å². The lowest BCUT2D eigenvalue weighted by Gasteiger charge is -2.27. The Bertz CT molecular complexity index is 1130. The number of carbonyl (C=O) groups excluding carboxylic acids is 2. The van der Waals surface area contributed by atoms with Gasteiger partial charge in [0.15, 0.2) is 0 Å². The zero-order valence-electron chi connectivity index (χ0n) is 15.7. The Balaban J connectivity index is 1.44. The zero-order chi connectivity index (χ0) is 21.3. The smallest absolute Gasteiger partial charge is 0.253 e. The molecule has 2 heterocycles. The highest BCUT2D eigenvalue weighted by molar-refractivity contribution is 6.36. The van der Waals surface area contributed by atoms with E-state index in [1.165, 1.54) is 12.1 Å². The molecule has 2 N–H and O–H groups in total. The lowest BCUT2D eigenvalue weighted by molar-refractivity contribution is -0.131. The molecule has 1 aromatic heterocycles. The van der Waals surface area contributed by atoms with Gasteiger partial charge in [-0.1, -0.05) is 46.9 Å². The summed E-state index contributed by atoms with van der Waals surface area (Å²) in [6.45, 7) is 0.822. The van der Waals surface area contributed by atoms with E-state index in [9.17, 15) is 9.59 Å². The van der Waals surface area contributed by atoms with Gasteiger partial charge in [-0.25, -0.2) is 0 Å². The number of H-pyrrole nitrogens is 1. The SMILES string of the molecule is O=C(NCC(=O)N1CCc2[nH]nc(-c3cccc(Cl)c3)c2C1)c1ccc(Cl)cc1Cl. The number of hydrogen-bond donors (Lipinski definition) is 2. The van der Waals surface area contributed by atoms with Crippen LogP contribution in [0.15, 0.2) is 42.5 Å². The van der Waals surface area contributed by atoms with Crippen LogP contribution in [0.2, 0.25) is 15.1 Å². The van der Waals surface area contributed by atoms with Crippen LogP contribution in [0.25, 0.3) is 11.3 Å². The quantitative estimate of drug-likeness (QED) is 0.604. The summed E-state index contributed by atoms with van der Waals surface area (Å²) in [7, 11) is 0. The van der Waals surface area contributed by atoms with E-state index in [4.69, 9.17) is 34.8 Å². The predicted molar refractivity (Wildman–Crippen MR) is 117 cm³/mol. The first-order chi connectivity index (χ1) is 14.4. The Hall–Kier alpha value is -2.54. The van der Waals surface area contributed by atoms with Crippen molar-refractivity contribution in [2.75, 3.05) is 13.1 Å². The van der Waals surface area contributed by atoms with Gasteiger partial charge in [0.2, 0.25) is 5.91 Å². The number of aromatic nitrogens is 2. The second-order valence-electron chi connectivity index (χ2n) is 6.91. The van der Waals surface area contributed by atoms with E-state index in [-0.39, 0.29) is 23.0 Å². The molecule has 0 fully saturated rings. The summed E-state index contributed by atoms with van der Waals surface area (Å²) in [4.78, 5) is 26.8. The van der Waals surface area contributed by atoms with Crippen LogP contribution >= 0.6 is 34.8 Å². The molecule has 0 atom stereocenters. The first-order valence-electron chi connectivity index (χ1n) is 9.25. The van der Waals surface area contributed by atoms with Gasteiger partial charge in [0.1, 0.15) is 0 Å². The third-order valence-corrected chi connectivity index (χ3v) is 5.74. The van der Waals surface area contributed by atoms with Gasteiger partial charge >= 0.3 is 0 Å². The van der Waals surface area contributed by atoms with Gasteiger partial charge in [-0.15, -0.1) is 0 Å². The molecule has 0 radical (unpaired) electrons. The highest BCUT2D eigenvalue weighted by Gasteiger charge is 2.26. The lowest BCUT2D eigenvalue weighted by Crippen LogP contribution is -2.42. The fourth-order valence-electron chi connectivity index (χ4n) is 3.42. The number of hydrogen-bond acceptors (Lipinski definition) is 3. The molecule has 154 valence electrons. The van der Waals surface area contributed by atoms with Crippen LogP contribution < -0.4 is 5.32 Å². The van der Waals surface area contributed by atoms with Crippen LogP contribution in [-0.4, -0.2) is 40.0 Å². The highest BCUT2D eigenvalue weighted by atomic mass is 35.5. The topological polar surface area (TPSA) is 78.1 Å². The number of halogens is 3. The van der Waals surface area contributed by atoms with Crippen molar-refractivity contribution in [2.45, 2.75) is 13.0 Å². The Morgan fingerprint density at radius 3 is 2.67 bits per heavy atom. The summed E-state index contributed by atoms with van der Waals surface area (Å²) >= 11 is 18.0. The molecule has 0 saturated heterocycles. The van der Waals surface area contributed by atoms with Gasteiger partial charge < -0.3 is 10.2 Å². The summed E-state index contributed by atoms with van der Waals surface area (Å²) in [6, 6.07) is 12.0. The van der Waals surface area contributed by atoms with Gasteiger partial charge in [-0.05, 0) is 30.3 Å². The van der Waals surface area contributed by atoms with Crippen LogP contribution in [0.4, 0.5) is 0 Å². The fraction of sp³-hybridized carbons (Fsp3) is 0.190. The maximum Gasteiger partial charge on any atom is 0.253 e. The Labute approximate surface area is 188 Å². The molecular weight excluding hydrogens is 447 g/mol. The van der Waals surface area contributed by atoms with Crippen LogP contribution in [0.5, 0.6) is 0 Å². The number of nitrogens with one attached hydrogen (secondary N) is 2. The standard InChI is InChI=1S/C21H17Cl3N4O2/c22-13-3-1-2-12(8-13)20-16-11-28(7-6-18(16)26-27-20)19(29)10-25-21(30)15-5-4-14(23)9-17(15)24/h1-5,8-9H,6-7,10-11H2,(H,25,30)(H,26,27). The first kappa shape index (κ1) is 20.7. The van der Waals surface area contributed by atoms with E-state index in [2.05, 4.69) is 15.5 Å². The van der Waals surface area contributed by atoms with Crippen molar-refractivity contribution in [3.8, 4) is 11.3 Å². The summed E-state index contributed by atoms with van der Waals surface area (Å²) < 4.78 is 0. The molecule has 1 aliphatic heterocycles. The zero-order valence-corrected chi connectivity index (χ0v) is 18.0. The van der Waals surface area contributed by atoms with Gasteiger partial charge in [0.05, 0.1) is 22.8 Å². The van der Waals surface area contributed by atoms with Gasteiger partial charge in [-0.3, -0.25) is 14.7 Å². The molecular formula is C21H17Cl3N4O2. The second-order valence-corrected chi connectivity index (χ2v) is 8.19. The Morgan fingerprint density at radius 2 is 1.90 bits per heavy atom. The van der Waals surface area contributed by atoms with Crippen LogP contribution in [-0.2, 0) is 17.8 Å². The van der Waals surface area contributed by atoms with Crippen molar-refractivity contribution in [3.05, 3.63) is 74.4 Å². The monoisotopic (exact) mass is 462 g/mol. The second kappa shape index (κ2) is 8.68. The predicted octanol–water partition coefficient (Wildman–Crippen LogP) is 4.35. The van der Waals surface area contributed by atoms with Crippen molar-refractivity contribution in [1.82, 2.24) is 20.4 Å². The van der Waals surface area contributed by atoms with E-state index >= 15 is 0 Å². The van der Waals surface area contributed by atoms with E-state index in [1.54, 1.807) is 17.0 Å².